The Morgan fingerprint density at radius 1 is 1.23 bits per heavy atom. The Bertz CT molecular complexity index is 1280. The zero-order valence-corrected chi connectivity index (χ0v) is 17.2. The van der Waals surface area contributed by atoms with E-state index in [1.54, 1.807) is 23.6 Å². The molecule has 1 atom stereocenters. The Balaban J connectivity index is 1.72. The number of fused-ring (bicyclic) bond motifs is 1. The smallest absolute Gasteiger partial charge is 0.263 e. The van der Waals surface area contributed by atoms with Crippen LogP contribution in [-0.2, 0) is 0 Å². The summed E-state index contributed by atoms with van der Waals surface area (Å²) >= 11 is 6.34. The first-order chi connectivity index (χ1) is 14.5. The Hall–Kier alpha value is -3.18. The second-order valence-electron chi connectivity index (χ2n) is 7.84. The van der Waals surface area contributed by atoms with E-state index in [1.807, 2.05) is 11.0 Å². The molecule has 30 heavy (non-hydrogen) atoms. The van der Waals surface area contributed by atoms with E-state index in [-0.39, 0.29) is 23.6 Å². The van der Waals surface area contributed by atoms with Gasteiger partial charge < -0.3 is 10.6 Å². The summed E-state index contributed by atoms with van der Waals surface area (Å²) in [6, 6.07) is 7.50. The number of aromatic nitrogens is 4. The van der Waals surface area contributed by atoms with E-state index in [9.17, 15) is 10.1 Å². The molecule has 1 aliphatic carbocycles. The van der Waals surface area contributed by atoms with Gasteiger partial charge in [0.25, 0.3) is 5.56 Å². The summed E-state index contributed by atoms with van der Waals surface area (Å²) in [6.45, 7) is 2.45. The Labute approximate surface area is 177 Å². The van der Waals surface area contributed by atoms with Gasteiger partial charge in [-0.3, -0.25) is 9.36 Å². The van der Waals surface area contributed by atoms with Gasteiger partial charge in [-0.2, -0.15) is 10.2 Å². The molecule has 3 aromatic rings. The lowest BCUT2D eigenvalue weighted by Crippen LogP contribution is -2.33. The van der Waals surface area contributed by atoms with Crippen LogP contribution in [0.1, 0.15) is 54.8 Å². The second kappa shape index (κ2) is 6.96. The highest BCUT2D eigenvalue weighted by molar-refractivity contribution is 6.35. The summed E-state index contributed by atoms with van der Waals surface area (Å²) in [5, 5.41) is 10.6. The third-order valence-electron chi connectivity index (χ3n) is 5.84. The van der Waals surface area contributed by atoms with Crippen LogP contribution < -0.4 is 16.2 Å². The summed E-state index contributed by atoms with van der Waals surface area (Å²) < 4.78 is 1.81. The molecule has 1 saturated heterocycles. The highest BCUT2D eigenvalue weighted by Crippen LogP contribution is 2.41. The molecule has 8 nitrogen and oxygen atoms in total. The predicted molar refractivity (Wildman–Crippen MR) is 115 cm³/mol. The molecule has 2 aromatic heterocycles. The molecule has 0 amide bonds. The van der Waals surface area contributed by atoms with Crippen LogP contribution in [0.25, 0.3) is 10.9 Å². The zero-order chi connectivity index (χ0) is 21.0. The van der Waals surface area contributed by atoms with Gasteiger partial charge >= 0.3 is 0 Å². The standard InChI is InChI=1S/C21H20ClN7O/c1-11-13(10-23)18(27-21(24)25-11)28-9-3-6-16(28)19-26-15-5-2-4-14(22)17(15)20(30)29(19)12-7-8-12/h2,4-5,12,16H,3,6-9H2,1H3,(H2,24,25,27)/t16-/m0/s1. The van der Waals surface area contributed by atoms with Crippen LogP contribution in [0.2, 0.25) is 5.02 Å². The lowest BCUT2D eigenvalue weighted by molar-refractivity contribution is 0.564. The lowest BCUT2D eigenvalue weighted by Gasteiger charge is -2.28. The second-order valence-corrected chi connectivity index (χ2v) is 8.25. The number of aryl methyl sites for hydroxylation is 1. The first-order valence-corrected chi connectivity index (χ1v) is 10.4. The summed E-state index contributed by atoms with van der Waals surface area (Å²) in [4.78, 5) is 28.9. The minimum absolute atomic E-state index is 0.103. The molecule has 0 bridgehead atoms. The highest BCUT2D eigenvalue weighted by atomic mass is 35.5. The van der Waals surface area contributed by atoms with Crippen molar-refractivity contribution in [2.24, 2.45) is 0 Å². The maximum absolute atomic E-state index is 13.4. The number of nitrogens with zero attached hydrogens (tertiary/aromatic N) is 6. The summed E-state index contributed by atoms with van der Waals surface area (Å²) in [6.07, 6.45) is 3.59. The molecule has 0 radical (unpaired) electrons. The van der Waals surface area contributed by atoms with Gasteiger partial charge in [0.15, 0.2) is 5.82 Å². The number of nitriles is 1. The van der Waals surface area contributed by atoms with Crippen LogP contribution in [0, 0.1) is 18.3 Å². The summed E-state index contributed by atoms with van der Waals surface area (Å²) in [7, 11) is 0. The molecule has 0 unspecified atom stereocenters. The van der Waals surface area contributed by atoms with Gasteiger partial charge in [-0.25, -0.2) is 9.97 Å². The van der Waals surface area contributed by atoms with Crippen LogP contribution in [0.5, 0.6) is 0 Å². The fourth-order valence-electron chi connectivity index (χ4n) is 4.35. The number of halogens is 1. The number of benzene rings is 1. The molecule has 2 N–H and O–H groups in total. The quantitative estimate of drug-likeness (QED) is 0.690. The molecule has 1 saturated carbocycles. The zero-order valence-electron chi connectivity index (χ0n) is 16.5. The van der Waals surface area contributed by atoms with E-state index in [0.29, 0.717) is 45.4 Å². The maximum atomic E-state index is 13.4. The molecule has 2 aliphatic rings. The minimum Gasteiger partial charge on any atom is -0.368 e. The van der Waals surface area contributed by atoms with Gasteiger partial charge in [-0.1, -0.05) is 17.7 Å². The molecular weight excluding hydrogens is 402 g/mol. The van der Waals surface area contributed by atoms with E-state index in [4.69, 9.17) is 22.3 Å². The number of anilines is 2. The monoisotopic (exact) mass is 421 g/mol. The van der Waals surface area contributed by atoms with Gasteiger partial charge in [-0.15, -0.1) is 0 Å². The Morgan fingerprint density at radius 3 is 2.77 bits per heavy atom. The van der Waals surface area contributed by atoms with Crippen molar-refractivity contribution in [1.82, 2.24) is 19.5 Å². The van der Waals surface area contributed by atoms with Crippen LogP contribution in [-0.4, -0.2) is 26.1 Å². The van der Waals surface area contributed by atoms with Crippen molar-refractivity contribution in [3.05, 3.63) is 50.7 Å². The van der Waals surface area contributed by atoms with Crippen molar-refractivity contribution in [3.8, 4) is 6.07 Å². The number of rotatable bonds is 3. The first-order valence-electron chi connectivity index (χ1n) is 10.0. The first kappa shape index (κ1) is 18.8. The van der Waals surface area contributed by atoms with E-state index in [1.165, 1.54) is 0 Å². The molecule has 1 aliphatic heterocycles. The largest absolute Gasteiger partial charge is 0.368 e. The van der Waals surface area contributed by atoms with Crippen molar-refractivity contribution < 1.29 is 0 Å². The third kappa shape index (κ3) is 2.89. The van der Waals surface area contributed by atoms with E-state index in [2.05, 4.69) is 16.0 Å². The van der Waals surface area contributed by atoms with E-state index < -0.39 is 0 Å². The Kier molecular flexibility index (Phi) is 4.36. The van der Waals surface area contributed by atoms with Crippen molar-refractivity contribution in [2.75, 3.05) is 17.2 Å². The van der Waals surface area contributed by atoms with E-state index in [0.717, 1.165) is 25.7 Å². The molecule has 2 fully saturated rings. The van der Waals surface area contributed by atoms with Crippen molar-refractivity contribution >= 4 is 34.3 Å². The van der Waals surface area contributed by atoms with Crippen molar-refractivity contribution in [3.63, 3.8) is 0 Å². The number of hydrogen-bond donors (Lipinski definition) is 1. The van der Waals surface area contributed by atoms with Gasteiger partial charge in [0, 0.05) is 12.6 Å². The highest BCUT2D eigenvalue weighted by Gasteiger charge is 2.37. The maximum Gasteiger partial charge on any atom is 0.263 e. The summed E-state index contributed by atoms with van der Waals surface area (Å²) in [5.41, 5.74) is 7.33. The fourth-order valence-corrected chi connectivity index (χ4v) is 4.60. The van der Waals surface area contributed by atoms with Crippen LogP contribution in [0.4, 0.5) is 11.8 Å². The van der Waals surface area contributed by atoms with Gasteiger partial charge in [0.2, 0.25) is 5.95 Å². The number of nitrogens with two attached hydrogens (primary N) is 1. The molecule has 152 valence electrons. The van der Waals surface area contributed by atoms with Crippen LogP contribution >= 0.6 is 11.6 Å². The third-order valence-corrected chi connectivity index (χ3v) is 6.16. The van der Waals surface area contributed by atoms with Crippen LogP contribution in [0.3, 0.4) is 0 Å². The van der Waals surface area contributed by atoms with Crippen LogP contribution in [0.15, 0.2) is 23.0 Å². The number of hydrogen-bond acceptors (Lipinski definition) is 7. The normalized spacial score (nSPS) is 18.7. The SMILES string of the molecule is Cc1nc(N)nc(N2CCC[C@H]2c2nc3cccc(Cl)c3c(=O)n2C2CC2)c1C#N. The Morgan fingerprint density at radius 2 is 2.03 bits per heavy atom. The molecule has 9 heteroatoms. The average molecular weight is 422 g/mol. The van der Waals surface area contributed by atoms with Gasteiger partial charge in [0.1, 0.15) is 17.5 Å². The summed E-state index contributed by atoms with van der Waals surface area (Å²) in [5.74, 6) is 1.34. The van der Waals surface area contributed by atoms with Gasteiger partial charge in [-0.05, 0) is 44.7 Å². The predicted octanol–water partition coefficient (Wildman–Crippen LogP) is 3.28. The fraction of sp³-hybridized carbons (Fsp3) is 0.381. The van der Waals surface area contributed by atoms with Crippen molar-refractivity contribution in [2.45, 2.75) is 44.7 Å². The molecular formula is C21H20ClN7O. The van der Waals surface area contributed by atoms with Crippen molar-refractivity contribution in [1.29, 1.82) is 5.26 Å². The number of nitrogen functional groups attached to an aromatic ring is 1. The molecule has 1 aromatic carbocycles. The lowest BCUT2D eigenvalue weighted by atomic mass is 10.1. The molecule has 5 rings (SSSR count). The topological polar surface area (TPSA) is 114 Å². The van der Waals surface area contributed by atoms with E-state index >= 15 is 0 Å². The minimum atomic E-state index is -0.178. The molecule has 0 spiro atoms. The average Bonchev–Trinajstić information content (AvgIpc) is 3.42. The van der Waals surface area contributed by atoms with Gasteiger partial charge in [0.05, 0.1) is 27.7 Å². The molecule has 3 heterocycles.